The van der Waals surface area contributed by atoms with Crippen LogP contribution in [0.2, 0.25) is 0 Å². The fourth-order valence-corrected chi connectivity index (χ4v) is 2.96. The molecule has 0 aliphatic carbocycles. The van der Waals surface area contributed by atoms with Crippen LogP contribution in [-0.4, -0.2) is 31.4 Å². The molecule has 0 aliphatic heterocycles. The van der Waals surface area contributed by atoms with Crippen LogP contribution in [0, 0.1) is 0 Å². The van der Waals surface area contributed by atoms with Gasteiger partial charge in [0.1, 0.15) is 0 Å². The Labute approximate surface area is 115 Å². The van der Waals surface area contributed by atoms with Crippen molar-refractivity contribution in [2.75, 3.05) is 13.6 Å². The maximum atomic E-state index is 12.1. The van der Waals surface area contributed by atoms with Gasteiger partial charge < -0.3 is 5.11 Å². The number of allylic oxidation sites excluding steroid dienone is 1. The van der Waals surface area contributed by atoms with Gasteiger partial charge in [0.25, 0.3) is 0 Å². The molecule has 0 unspecified atom stereocenters. The van der Waals surface area contributed by atoms with Crippen LogP contribution in [0.25, 0.3) is 0 Å². The van der Waals surface area contributed by atoms with Crippen LogP contribution in [0.4, 0.5) is 0 Å². The second-order valence-corrected chi connectivity index (χ2v) is 6.56. The molecule has 0 fully saturated rings. The van der Waals surface area contributed by atoms with E-state index in [1.165, 1.54) is 4.31 Å². The third-order valence-corrected chi connectivity index (χ3v) is 4.71. The quantitative estimate of drug-likeness (QED) is 0.585. The molecule has 1 aromatic rings. The van der Waals surface area contributed by atoms with Crippen molar-refractivity contribution in [2.45, 2.75) is 25.2 Å². The molecule has 0 heterocycles. The Balaban J connectivity index is 2.69. The van der Waals surface area contributed by atoms with Gasteiger partial charge in [0.15, 0.2) is 0 Å². The highest BCUT2D eigenvalue weighted by atomic mass is 32.2. The molecule has 0 atom stereocenters. The molecule has 1 rings (SSSR count). The Morgan fingerprint density at radius 1 is 1.37 bits per heavy atom. The average molecular weight is 283 g/mol. The molecule has 0 amide bonds. The fraction of sp³-hybridized carbons (Fsp3) is 0.429. The summed E-state index contributed by atoms with van der Waals surface area (Å²) in [5.41, 5.74) is 1.42. The van der Waals surface area contributed by atoms with E-state index in [-0.39, 0.29) is 12.4 Å². The first-order valence-electron chi connectivity index (χ1n) is 6.23. The zero-order valence-corrected chi connectivity index (χ0v) is 12.1. The van der Waals surface area contributed by atoms with Crippen LogP contribution in [0.1, 0.15) is 24.0 Å². The standard InChI is InChI=1S/C14H21NO3S/c1-3-4-5-9-15(2)19(17,18)12-14-8-6-7-13(10-14)11-16/h3,6-8,10,16H,1,4-5,9,11-12H2,2H3. The van der Waals surface area contributed by atoms with Crippen LogP contribution in [0.3, 0.4) is 0 Å². The molecule has 0 saturated heterocycles. The van der Waals surface area contributed by atoms with Crippen molar-refractivity contribution < 1.29 is 13.5 Å². The van der Waals surface area contributed by atoms with Crippen LogP contribution in [-0.2, 0) is 22.4 Å². The fourth-order valence-electron chi connectivity index (χ4n) is 1.74. The average Bonchev–Trinajstić information content (AvgIpc) is 2.38. The number of rotatable bonds is 8. The zero-order chi connectivity index (χ0) is 14.3. The summed E-state index contributed by atoms with van der Waals surface area (Å²) in [5, 5.41) is 9.04. The first-order valence-corrected chi connectivity index (χ1v) is 7.84. The van der Waals surface area contributed by atoms with Gasteiger partial charge >= 0.3 is 0 Å². The molecule has 4 nitrogen and oxygen atoms in total. The van der Waals surface area contributed by atoms with E-state index in [0.29, 0.717) is 12.1 Å². The number of aliphatic hydroxyl groups excluding tert-OH is 1. The number of hydrogen-bond acceptors (Lipinski definition) is 3. The molecule has 0 bridgehead atoms. The molecular weight excluding hydrogens is 262 g/mol. The van der Waals surface area contributed by atoms with Crippen molar-refractivity contribution in [1.82, 2.24) is 4.31 Å². The lowest BCUT2D eigenvalue weighted by Gasteiger charge is -2.17. The summed E-state index contributed by atoms with van der Waals surface area (Å²) >= 11 is 0. The van der Waals surface area contributed by atoms with E-state index >= 15 is 0 Å². The van der Waals surface area contributed by atoms with Crippen molar-refractivity contribution in [1.29, 1.82) is 0 Å². The highest BCUT2D eigenvalue weighted by molar-refractivity contribution is 7.88. The van der Waals surface area contributed by atoms with Crippen molar-refractivity contribution in [3.05, 3.63) is 48.0 Å². The first-order chi connectivity index (χ1) is 8.99. The highest BCUT2D eigenvalue weighted by Crippen LogP contribution is 2.12. The first kappa shape index (κ1) is 15.9. The van der Waals surface area contributed by atoms with Crippen LogP contribution < -0.4 is 0 Å². The van der Waals surface area contributed by atoms with E-state index in [9.17, 15) is 8.42 Å². The summed E-state index contributed by atoms with van der Waals surface area (Å²) in [6.45, 7) is 4.03. The second-order valence-electron chi connectivity index (χ2n) is 4.49. The molecule has 0 radical (unpaired) electrons. The Hall–Kier alpha value is -1.17. The van der Waals surface area contributed by atoms with Crippen LogP contribution in [0.15, 0.2) is 36.9 Å². The Kier molecular flexibility index (Phi) is 6.21. The molecule has 0 saturated carbocycles. The minimum atomic E-state index is -3.30. The zero-order valence-electron chi connectivity index (χ0n) is 11.2. The van der Waals surface area contributed by atoms with Gasteiger partial charge in [0.2, 0.25) is 10.0 Å². The Bertz CT molecular complexity index is 511. The summed E-state index contributed by atoms with van der Waals surface area (Å²) in [6, 6.07) is 7.00. The lowest BCUT2D eigenvalue weighted by atomic mass is 10.1. The molecule has 1 aromatic carbocycles. The molecule has 106 valence electrons. The van der Waals surface area contributed by atoms with Gasteiger partial charge in [0, 0.05) is 13.6 Å². The van der Waals surface area contributed by atoms with Gasteiger partial charge in [-0.15, -0.1) is 6.58 Å². The van der Waals surface area contributed by atoms with Crippen LogP contribution in [0.5, 0.6) is 0 Å². The summed E-state index contributed by atoms with van der Waals surface area (Å²) in [4.78, 5) is 0. The molecule has 19 heavy (non-hydrogen) atoms. The predicted molar refractivity (Wildman–Crippen MR) is 77.0 cm³/mol. The number of nitrogens with zero attached hydrogens (tertiary/aromatic N) is 1. The molecule has 5 heteroatoms. The van der Waals surface area contributed by atoms with Crippen molar-refractivity contribution in [3.8, 4) is 0 Å². The number of aliphatic hydroxyl groups is 1. The molecule has 0 spiro atoms. The topological polar surface area (TPSA) is 57.6 Å². The predicted octanol–water partition coefficient (Wildman–Crippen LogP) is 1.91. The lowest BCUT2D eigenvalue weighted by Crippen LogP contribution is -2.29. The summed E-state index contributed by atoms with van der Waals surface area (Å²) in [7, 11) is -1.71. The summed E-state index contributed by atoms with van der Waals surface area (Å²) in [6.07, 6.45) is 3.36. The SMILES string of the molecule is C=CCCCN(C)S(=O)(=O)Cc1cccc(CO)c1. The number of hydrogen-bond donors (Lipinski definition) is 1. The smallest absolute Gasteiger partial charge is 0.218 e. The third kappa shape index (κ3) is 5.14. The third-order valence-electron chi connectivity index (χ3n) is 2.88. The van der Waals surface area contributed by atoms with E-state index in [4.69, 9.17) is 5.11 Å². The van der Waals surface area contributed by atoms with Crippen molar-refractivity contribution in [3.63, 3.8) is 0 Å². The van der Waals surface area contributed by atoms with Gasteiger partial charge in [-0.2, -0.15) is 0 Å². The lowest BCUT2D eigenvalue weighted by molar-refractivity contribution is 0.281. The summed E-state index contributed by atoms with van der Waals surface area (Å²) in [5.74, 6) is -0.0363. The summed E-state index contributed by atoms with van der Waals surface area (Å²) < 4.78 is 25.6. The van der Waals surface area contributed by atoms with Gasteiger partial charge in [-0.1, -0.05) is 30.3 Å². The van der Waals surface area contributed by atoms with E-state index in [0.717, 1.165) is 18.4 Å². The molecule has 0 aromatic heterocycles. The number of sulfonamides is 1. The maximum Gasteiger partial charge on any atom is 0.218 e. The van der Waals surface area contributed by atoms with E-state index in [2.05, 4.69) is 6.58 Å². The monoisotopic (exact) mass is 283 g/mol. The highest BCUT2D eigenvalue weighted by Gasteiger charge is 2.17. The largest absolute Gasteiger partial charge is 0.392 e. The van der Waals surface area contributed by atoms with E-state index in [1.807, 2.05) is 0 Å². The van der Waals surface area contributed by atoms with Gasteiger partial charge in [-0.05, 0) is 24.0 Å². The normalized spacial score (nSPS) is 11.7. The minimum Gasteiger partial charge on any atom is -0.392 e. The minimum absolute atomic E-state index is 0.0363. The van der Waals surface area contributed by atoms with Crippen molar-refractivity contribution in [2.24, 2.45) is 0 Å². The van der Waals surface area contributed by atoms with Gasteiger partial charge in [-0.3, -0.25) is 0 Å². The van der Waals surface area contributed by atoms with E-state index in [1.54, 1.807) is 37.4 Å². The van der Waals surface area contributed by atoms with Crippen molar-refractivity contribution >= 4 is 10.0 Å². The Morgan fingerprint density at radius 3 is 2.68 bits per heavy atom. The van der Waals surface area contributed by atoms with Gasteiger partial charge in [0.05, 0.1) is 12.4 Å². The number of unbranched alkanes of at least 4 members (excludes halogenated alkanes) is 1. The molecular formula is C14H21NO3S. The maximum absolute atomic E-state index is 12.1. The van der Waals surface area contributed by atoms with Gasteiger partial charge in [-0.25, -0.2) is 12.7 Å². The Morgan fingerprint density at radius 2 is 2.05 bits per heavy atom. The second kappa shape index (κ2) is 7.43. The van der Waals surface area contributed by atoms with Crippen LogP contribution >= 0.6 is 0 Å². The molecule has 1 N–H and O–H groups in total. The van der Waals surface area contributed by atoms with E-state index < -0.39 is 10.0 Å². The number of benzene rings is 1. The molecule has 0 aliphatic rings.